The summed E-state index contributed by atoms with van der Waals surface area (Å²) >= 11 is 0. The van der Waals surface area contributed by atoms with Crippen molar-refractivity contribution in [3.05, 3.63) is 65.2 Å². The van der Waals surface area contributed by atoms with E-state index in [-0.39, 0.29) is 5.69 Å². The van der Waals surface area contributed by atoms with Gasteiger partial charge in [-0.05, 0) is 59.5 Å². The van der Waals surface area contributed by atoms with E-state index in [2.05, 4.69) is 26.2 Å². The predicted octanol–water partition coefficient (Wildman–Crippen LogP) is 1.44. The Balaban J connectivity index is 1.35. The summed E-state index contributed by atoms with van der Waals surface area (Å²) in [6.07, 6.45) is 1.08. The molecule has 162 valence electrons. The lowest BCUT2D eigenvalue weighted by atomic mass is 9.92. The predicted molar refractivity (Wildman–Crippen MR) is 109 cm³/mol. The van der Waals surface area contributed by atoms with E-state index in [0.717, 1.165) is 16.0 Å². The van der Waals surface area contributed by atoms with Crippen molar-refractivity contribution < 1.29 is 18.8 Å². The summed E-state index contributed by atoms with van der Waals surface area (Å²) in [5.41, 5.74) is 0.911. The van der Waals surface area contributed by atoms with Gasteiger partial charge in [-0.25, -0.2) is 9.18 Å². The maximum Gasteiger partial charge on any atom is 0.325 e. The maximum atomic E-state index is 14.3. The van der Waals surface area contributed by atoms with Gasteiger partial charge in [-0.2, -0.15) is 4.68 Å². The zero-order valence-electron chi connectivity index (χ0n) is 17.0. The summed E-state index contributed by atoms with van der Waals surface area (Å²) < 4.78 is 15.7. The first-order valence-electron chi connectivity index (χ1n) is 9.96. The highest BCUT2D eigenvalue weighted by Gasteiger charge is 2.55. The highest BCUT2D eigenvalue weighted by atomic mass is 19.1. The highest BCUT2D eigenvalue weighted by molar-refractivity contribution is 6.11. The molecule has 2 heterocycles. The first-order chi connectivity index (χ1) is 15.4. The summed E-state index contributed by atoms with van der Waals surface area (Å²) in [5, 5.41) is 16.3. The van der Waals surface area contributed by atoms with E-state index < -0.39 is 35.7 Å². The fourth-order valence-corrected chi connectivity index (χ4v) is 4.28. The number of aryl methyl sites for hydroxylation is 2. The molecule has 1 aromatic heterocycles. The van der Waals surface area contributed by atoms with Gasteiger partial charge in [0.15, 0.2) is 5.82 Å². The topological polar surface area (TPSA) is 122 Å². The van der Waals surface area contributed by atoms with Gasteiger partial charge in [0, 0.05) is 0 Å². The van der Waals surface area contributed by atoms with Gasteiger partial charge >= 0.3 is 6.03 Å². The van der Waals surface area contributed by atoms with Crippen LogP contribution >= 0.6 is 0 Å². The average molecular weight is 435 g/mol. The van der Waals surface area contributed by atoms with Crippen LogP contribution in [0.25, 0.3) is 5.69 Å². The number of hydrogen-bond acceptors (Lipinski definition) is 6. The van der Waals surface area contributed by atoms with Crippen molar-refractivity contribution in [2.24, 2.45) is 0 Å². The molecule has 1 unspecified atom stereocenters. The van der Waals surface area contributed by atoms with Gasteiger partial charge in [-0.3, -0.25) is 14.5 Å². The van der Waals surface area contributed by atoms with Crippen molar-refractivity contribution in [2.75, 3.05) is 11.9 Å². The second-order valence-electron chi connectivity index (χ2n) is 7.73. The molecule has 0 radical (unpaired) electrons. The molecule has 1 spiro atoms. The quantitative estimate of drug-likeness (QED) is 0.598. The average Bonchev–Trinajstić information content (AvgIpc) is 3.43. The molecular weight excluding hydrogens is 417 g/mol. The molecule has 11 heteroatoms. The van der Waals surface area contributed by atoms with Gasteiger partial charge in [-0.1, -0.05) is 24.3 Å². The molecule has 2 aromatic carbocycles. The van der Waals surface area contributed by atoms with E-state index in [1.54, 1.807) is 6.92 Å². The summed E-state index contributed by atoms with van der Waals surface area (Å²) in [4.78, 5) is 39.2. The van der Waals surface area contributed by atoms with Crippen molar-refractivity contribution in [1.82, 2.24) is 30.4 Å². The van der Waals surface area contributed by atoms with Crippen LogP contribution in [0.5, 0.6) is 0 Å². The minimum absolute atomic E-state index is 0.115. The minimum Gasteiger partial charge on any atom is -0.322 e. The Kier molecular flexibility index (Phi) is 4.47. The van der Waals surface area contributed by atoms with Crippen molar-refractivity contribution in [2.45, 2.75) is 25.3 Å². The summed E-state index contributed by atoms with van der Waals surface area (Å²) in [6.45, 7) is 1.14. The number of hydrogen-bond donors (Lipinski definition) is 2. The monoisotopic (exact) mass is 435 g/mol. The summed E-state index contributed by atoms with van der Waals surface area (Å²) in [7, 11) is 0. The number of rotatable bonds is 4. The van der Waals surface area contributed by atoms with Gasteiger partial charge in [0.25, 0.3) is 5.91 Å². The van der Waals surface area contributed by atoms with Crippen LogP contribution in [-0.4, -0.2) is 49.5 Å². The van der Waals surface area contributed by atoms with E-state index in [0.29, 0.717) is 24.4 Å². The second-order valence-corrected chi connectivity index (χ2v) is 7.73. The van der Waals surface area contributed by atoms with Crippen LogP contribution in [0.2, 0.25) is 0 Å². The third-order valence-corrected chi connectivity index (χ3v) is 5.82. The number of carbonyl (C=O) groups is 3. The number of tetrazole rings is 1. The van der Waals surface area contributed by atoms with Gasteiger partial charge in [-0.15, -0.1) is 5.10 Å². The number of amides is 4. The van der Waals surface area contributed by atoms with Crippen LogP contribution in [0.3, 0.4) is 0 Å². The van der Waals surface area contributed by atoms with Gasteiger partial charge in [0.2, 0.25) is 5.91 Å². The van der Waals surface area contributed by atoms with Gasteiger partial charge in [0.1, 0.15) is 17.9 Å². The number of anilines is 1. The molecule has 3 aromatic rings. The highest BCUT2D eigenvalue weighted by Crippen LogP contribution is 2.41. The third kappa shape index (κ3) is 3.01. The van der Waals surface area contributed by atoms with Crippen molar-refractivity contribution >= 4 is 23.5 Å². The molecular formula is C21H18FN7O3. The lowest BCUT2D eigenvalue weighted by Gasteiger charge is -2.22. The smallest absolute Gasteiger partial charge is 0.322 e. The molecule has 2 aliphatic rings. The Bertz CT molecular complexity index is 1270. The fourth-order valence-electron chi connectivity index (χ4n) is 4.28. The summed E-state index contributed by atoms with van der Waals surface area (Å²) in [5.74, 6) is -1.39. The largest absolute Gasteiger partial charge is 0.325 e. The van der Waals surface area contributed by atoms with Crippen LogP contribution in [0.1, 0.15) is 23.4 Å². The zero-order chi connectivity index (χ0) is 22.5. The SMILES string of the molecule is Cc1nnnn1-c1ccc(F)c(NC(=O)CN2C(=O)NC3(CCc4ccccc43)C2=O)c1. The van der Waals surface area contributed by atoms with E-state index in [1.807, 2.05) is 24.3 Å². The molecule has 1 aliphatic carbocycles. The zero-order valence-corrected chi connectivity index (χ0v) is 17.0. The van der Waals surface area contributed by atoms with Gasteiger partial charge in [0.05, 0.1) is 11.4 Å². The molecule has 0 saturated carbocycles. The first kappa shape index (κ1) is 19.8. The normalized spacial score (nSPS) is 19.4. The number of aromatic nitrogens is 4. The third-order valence-electron chi connectivity index (χ3n) is 5.82. The fraction of sp³-hybridized carbons (Fsp3) is 0.238. The molecule has 1 aliphatic heterocycles. The number of nitrogens with one attached hydrogen (secondary N) is 2. The number of benzene rings is 2. The maximum absolute atomic E-state index is 14.3. The van der Waals surface area contributed by atoms with Crippen LogP contribution < -0.4 is 10.6 Å². The van der Waals surface area contributed by atoms with Crippen molar-refractivity contribution in [3.63, 3.8) is 0 Å². The number of nitrogens with zero attached hydrogens (tertiary/aromatic N) is 5. The first-order valence-corrected chi connectivity index (χ1v) is 9.96. The Morgan fingerprint density at radius 1 is 1.25 bits per heavy atom. The van der Waals surface area contributed by atoms with Crippen LogP contribution in [0.15, 0.2) is 42.5 Å². The van der Waals surface area contributed by atoms with Crippen LogP contribution in [-0.2, 0) is 21.5 Å². The molecule has 5 rings (SSSR count). The molecule has 10 nitrogen and oxygen atoms in total. The molecule has 4 amide bonds. The number of imide groups is 1. The van der Waals surface area contributed by atoms with E-state index >= 15 is 0 Å². The Morgan fingerprint density at radius 2 is 2.06 bits per heavy atom. The standard InChI is InChI=1S/C21H18FN7O3/c1-12-25-26-27-29(12)14-6-7-16(22)17(10-14)23-18(30)11-28-19(31)21(24-20(28)32)9-8-13-4-2-3-5-15(13)21/h2-7,10H,8-9,11H2,1H3,(H,23,30)(H,24,32). The lowest BCUT2D eigenvalue weighted by Crippen LogP contribution is -2.43. The summed E-state index contributed by atoms with van der Waals surface area (Å²) in [6, 6.07) is 10.8. The van der Waals surface area contributed by atoms with Crippen molar-refractivity contribution in [3.8, 4) is 5.69 Å². The number of carbonyl (C=O) groups excluding carboxylic acids is 3. The number of fused-ring (bicyclic) bond motifs is 2. The van der Waals surface area contributed by atoms with Crippen LogP contribution in [0.4, 0.5) is 14.9 Å². The van der Waals surface area contributed by atoms with Gasteiger partial charge < -0.3 is 10.6 Å². The minimum atomic E-state index is -1.16. The molecule has 1 atom stereocenters. The van der Waals surface area contributed by atoms with Crippen LogP contribution in [0, 0.1) is 12.7 Å². The Hall–Kier alpha value is -4.15. The molecule has 1 saturated heterocycles. The van der Waals surface area contributed by atoms with E-state index in [4.69, 9.17) is 0 Å². The number of halogens is 1. The molecule has 1 fully saturated rings. The lowest BCUT2D eigenvalue weighted by molar-refractivity contribution is -0.134. The number of urea groups is 1. The molecule has 32 heavy (non-hydrogen) atoms. The molecule has 0 bridgehead atoms. The Labute approximate surface area is 181 Å². The molecule has 2 N–H and O–H groups in total. The van der Waals surface area contributed by atoms with E-state index in [9.17, 15) is 18.8 Å². The Morgan fingerprint density at radius 3 is 2.84 bits per heavy atom. The van der Waals surface area contributed by atoms with Crippen molar-refractivity contribution in [1.29, 1.82) is 0 Å². The second kappa shape index (κ2) is 7.22. The van der Waals surface area contributed by atoms with E-state index in [1.165, 1.54) is 22.9 Å².